The largest absolute Gasteiger partial charge is 0.466 e. The Bertz CT molecular complexity index is 434. The molecule has 1 aromatic carbocycles. The van der Waals surface area contributed by atoms with E-state index in [1.54, 1.807) is 0 Å². The maximum atomic E-state index is 11.8. The van der Waals surface area contributed by atoms with Crippen molar-refractivity contribution in [2.24, 2.45) is 5.92 Å². The fourth-order valence-corrected chi connectivity index (χ4v) is 2.39. The number of esters is 1. The maximum Gasteiger partial charge on any atom is 0.312 e. The van der Waals surface area contributed by atoms with E-state index in [1.165, 1.54) is 30.4 Å². The SMILES string of the molecule is CCCCC/C(=C\C(C)C(=O)OCC)Cc1ccccc1. The van der Waals surface area contributed by atoms with Gasteiger partial charge in [-0.05, 0) is 38.7 Å². The van der Waals surface area contributed by atoms with Crippen molar-refractivity contribution in [2.75, 3.05) is 6.61 Å². The Morgan fingerprint density at radius 1 is 1.19 bits per heavy atom. The van der Waals surface area contributed by atoms with E-state index in [4.69, 9.17) is 4.74 Å². The first-order valence-electron chi connectivity index (χ1n) is 8.07. The third-order valence-electron chi connectivity index (χ3n) is 3.52. The number of benzene rings is 1. The van der Waals surface area contributed by atoms with Gasteiger partial charge in [-0.25, -0.2) is 0 Å². The van der Waals surface area contributed by atoms with E-state index >= 15 is 0 Å². The molecule has 1 unspecified atom stereocenters. The van der Waals surface area contributed by atoms with Gasteiger partial charge in [0.25, 0.3) is 0 Å². The Balaban J connectivity index is 2.73. The molecular formula is C19H28O2. The van der Waals surface area contributed by atoms with Gasteiger partial charge >= 0.3 is 5.97 Å². The molecule has 0 aliphatic carbocycles. The maximum absolute atomic E-state index is 11.8. The van der Waals surface area contributed by atoms with Crippen LogP contribution in [0, 0.1) is 5.92 Å². The van der Waals surface area contributed by atoms with Crippen LogP contribution in [-0.2, 0) is 16.0 Å². The summed E-state index contributed by atoms with van der Waals surface area (Å²) >= 11 is 0. The number of carbonyl (C=O) groups excluding carboxylic acids is 1. The summed E-state index contributed by atoms with van der Waals surface area (Å²) in [6.07, 6.45) is 7.72. The van der Waals surface area contributed by atoms with E-state index in [0.717, 1.165) is 12.8 Å². The molecule has 0 saturated carbocycles. The molecule has 0 aliphatic rings. The summed E-state index contributed by atoms with van der Waals surface area (Å²) in [6.45, 7) is 6.42. The highest BCUT2D eigenvalue weighted by Gasteiger charge is 2.12. The zero-order chi connectivity index (χ0) is 15.5. The molecule has 1 atom stereocenters. The second-order valence-electron chi connectivity index (χ2n) is 5.49. The van der Waals surface area contributed by atoms with Crippen molar-refractivity contribution in [3.05, 3.63) is 47.5 Å². The quantitative estimate of drug-likeness (QED) is 0.366. The van der Waals surface area contributed by atoms with Gasteiger partial charge in [-0.3, -0.25) is 4.79 Å². The van der Waals surface area contributed by atoms with Crippen LogP contribution in [0.1, 0.15) is 52.0 Å². The molecule has 21 heavy (non-hydrogen) atoms. The highest BCUT2D eigenvalue weighted by atomic mass is 16.5. The fourth-order valence-electron chi connectivity index (χ4n) is 2.39. The Kier molecular flexibility index (Phi) is 8.49. The average molecular weight is 288 g/mol. The standard InChI is InChI=1S/C19H28O2/c1-4-6-8-13-18(14-16(3)19(20)21-5-2)15-17-11-9-7-10-12-17/h7,9-12,14,16H,4-6,8,13,15H2,1-3H3/b18-14+. The molecule has 0 amide bonds. The summed E-state index contributed by atoms with van der Waals surface area (Å²) in [5, 5.41) is 0. The summed E-state index contributed by atoms with van der Waals surface area (Å²) < 4.78 is 5.10. The number of allylic oxidation sites excluding steroid dienone is 1. The molecular weight excluding hydrogens is 260 g/mol. The van der Waals surface area contributed by atoms with Gasteiger partial charge in [0.2, 0.25) is 0 Å². The van der Waals surface area contributed by atoms with Gasteiger partial charge in [-0.2, -0.15) is 0 Å². The highest BCUT2D eigenvalue weighted by Crippen LogP contribution is 2.18. The summed E-state index contributed by atoms with van der Waals surface area (Å²) in [5.74, 6) is -0.288. The van der Waals surface area contributed by atoms with Crippen LogP contribution in [0.15, 0.2) is 42.0 Å². The van der Waals surface area contributed by atoms with Crippen LogP contribution in [0.5, 0.6) is 0 Å². The topological polar surface area (TPSA) is 26.3 Å². The predicted octanol–water partition coefficient (Wildman–Crippen LogP) is 4.94. The van der Waals surface area contributed by atoms with Crippen molar-refractivity contribution >= 4 is 5.97 Å². The van der Waals surface area contributed by atoms with Crippen molar-refractivity contribution in [1.82, 2.24) is 0 Å². The average Bonchev–Trinajstić information content (AvgIpc) is 2.48. The van der Waals surface area contributed by atoms with Gasteiger partial charge in [-0.1, -0.05) is 61.7 Å². The monoisotopic (exact) mass is 288 g/mol. The lowest BCUT2D eigenvalue weighted by Gasteiger charge is -2.12. The lowest BCUT2D eigenvalue weighted by atomic mass is 9.96. The zero-order valence-corrected chi connectivity index (χ0v) is 13.6. The van der Waals surface area contributed by atoms with Gasteiger partial charge in [0.05, 0.1) is 12.5 Å². The number of hydrogen-bond acceptors (Lipinski definition) is 2. The first-order chi connectivity index (χ1) is 10.2. The van der Waals surface area contributed by atoms with Crippen molar-refractivity contribution in [1.29, 1.82) is 0 Å². The third kappa shape index (κ3) is 7.12. The first kappa shape index (κ1) is 17.5. The molecule has 0 aromatic heterocycles. The molecule has 2 heteroatoms. The van der Waals surface area contributed by atoms with E-state index in [0.29, 0.717) is 6.61 Å². The Morgan fingerprint density at radius 3 is 2.52 bits per heavy atom. The van der Waals surface area contributed by atoms with E-state index in [2.05, 4.69) is 37.3 Å². The molecule has 0 radical (unpaired) electrons. The molecule has 116 valence electrons. The third-order valence-corrected chi connectivity index (χ3v) is 3.52. The van der Waals surface area contributed by atoms with Crippen LogP contribution < -0.4 is 0 Å². The minimum atomic E-state index is -0.162. The van der Waals surface area contributed by atoms with E-state index in [-0.39, 0.29) is 11.9 Å². The Labute approximate surface area is 129 Å². The number of unbranched alkanes of at least 4 members (excludes halogenated alkanes) is 2. The summed E-state index contributed by atoms with van der Waals surface area (Å²) in [6, 6.07) is 10.4. The van der Waals surface area contributed by atoms with Gasteiger partial charge < -0.3 is 4.74 Å². The van der Waals surface area contributed by atoms with Crippen molar-refractivity contribution in [3.63, 3.8) is 0 Å². The molecule has 1 rings (SSSR count). The molecule has 0 spiro atoms. The number of rotatable bonds is 9. The number of carbonyl (C=O) groups is 1. The van der Waals surface area contributed by atoms with Crippen LogP contribution in [-0.4, -0.2) is 12.6 Å². The smallest absolute Gasteiger partial charge is 0.312 e. The fraction of sp³-hybridized carbons (Fsp3) is 0.526. The van der Waals surface area contributed by atoms with Crippen LogP contribution in [0.4, 0.5) is 0 Å². The van der Waals surface area contributed by atoms with E-state index in [1.807, 2.05) is 19.9 Å². The highest BCUT2D eigenvalue weighted by molar-refractivity contribution is 5.74. The zero-order valence-electron chi connectivity index (χ0n) is 13.6. The molecule has 0 fully saturated rings. The molecule has 0 aliphatic heterocycles. The Hall–Kier alpha value is -1.57. The second-order valence-corrected chi connectivity index (χ2v) is 5.49. The molecule has 1 aromatic rings. The van der Waals surface area contributed by atoms with E-state index < -0.39 is 0 Å². The van der Waals surface area contributed by atoms with Gasteiger partial charge in [0.1, 0.15) is 0 Å². The minimum absolute atomic E-state index is 0.126. The van der Waals surface area contributed by atoms with Gasteiger partial charge in [0, 0.05) is 0 Å². The van der Waals surface area contributed by atoms with Gasteiger partial charge in [0.15, 0.2) is 0 Å². The molecule has 0 saturated heterocycles. The molecule has 0 heterocycles. The number of ether oxygens (including phenoxy) is 1. The molecule has 2 nitrogen and oxygen atoms in total. The van der Waals surface area contributed by atoms with Crippen LogP contribution in [0.2, 0.25) is 0 Å². The van der Waals surface area contributed by atoms with Gasteiger partial charge in [-0.15, -0.1) is 0 Å². The normalized spacial score (nSPS) is 13.0. The first-order valence-corrected chi connectivity index (χ1v) is 8.07. The minimum Gasteiger partial charge on any atom is -0.466 e. The Morgan fingerprint density at radius 2 is 1.90 bits per heavy atom. The lowest BCUT2D eigenvalue weighted by Crippen LogP contribution is -2.13. The summed E-state index contributed by atoms with van der Waals surface area (Å²) in [5.41, 5.74) is 2.64. The summed E-state index contributed by atoms with van der Waals surface area (Å²) in [7, 11) is 0. The molecule has 0 N–H and O–H groups in total. The van der Waals surface area contributed by atoms with Crippen LogP contribution in [0.25, 0.3) is 0 Å². The van der Waals surface area contributed by atoms with Crippen molar-refractivity contribution < 1.29 is 9.53 Å². The van der Waals surface area contributed by atoms with Crippen LogP contribution in [0.3, 0.4) is 0 Å². The van der Waals surface area contributed by atoms with Crippen molar-refractivity contribution in [3.8, 4) is 0 Å². The van der Waals surface area contributed by atoms with Crippen LogP contribution >= 0.6 is 0 Å². The predicted molar refractivity (Wildman–Crippen MR) is 88.2 cm³/mol. The molecule has 0 bridgehead atoms. The van der Waals surface area contributed by atoms with Crippen molar-refractivity contribution in [2.45, 2.75) is 52.9 Å². The summed E-state index contributed by atoms with van der Waals surface area (Å²) in [4.78, 5) is 11.8. The second kappa shape index (κ2) is 10.2. The van der Waals surface area contributed by atoms with E-state index in [9.17, 15) is 4.79 Å². The lowest BCUT2D eigenvalue weighted by molar-refractivity contribution is -0.145. The number of hydrogen-bond donors (Lipinski definition) is 0.